The maximum Gasteiger partial charge on any atom is 0.341 e. The Morgan fingerprint density at radius 1 is 0.846 bits per heavy atom. The highest BCUT2D eigenvalue weighted by atomic mass is 16.7. The van der Waals surface area contributed by atoms with E-state index in [1.165, 1.54) is 12.1 Å². The van der Waals surface area contributed by atoms with Gasteiger partial charge in [0.2, 0.25) is 12.6 Å². The topological polar surface area (TPSA) is 71.1 Å². The van der Waals surface area contributed by atoms with Crippen molar-refractivity contribution in [2.75, 3.05) is 13.2 Å². The lowest BCUT2D eigenvalue weighted by molar-refractivity contribution is -0.0936. The Balaban J connectivity index is 2.76. The molecule has 0 saturated carbocycles. The van der Waals surface area contributed by atoms with Crippen LogP contribution in [0, 0.1) is 0 Å². The van der Waals surface area contributed by atoms with Crippen LogP contribution in [0.25, 0.3) is 0 Å². The Morgan fingerprint density at radius 2 is 1.19 bits per heavy atom. The summed E-state index contributed by atoms with van der Waals surface area (Å²) in [6.45, 7) is 14.8. The largest absolute Gasteiger partial charge is 0.432 e. The van der Waals surface area contributed by atoms with E-state index in [1.807, 2.05) is 0 Å². The molecule has 0 fully saturated rings. The molecule has 0 bridgehead atoms. The van der Waals surface area contributed by atoms with Gasteiger partial charge in [0.05, 0.1) is 24.3 Å². The molecule has 0 heterocycles. The maximum atomic E-state index is 12.4. The van der Waals surface area contributed by atoms with Crippen molar-refractivity contribution < 1.29 is 28.5 Å². The van der Waals surface area contributed by atoms with E-state index < -0.39 is 24.5 Å². The minimum absolute atomic E-state index is 0.0929. The van der Waals surface area contributed by atoms with Crippen LogP contribution in [0.1, 0.15) is 48.4 Å². The zero-order valence-corrected chi connectivity index (χ0v) is 15.7. The molecule has 0 aliphatic heterocycles. The smallest absolute Gasteiger partial charge is 0.341 e. The number of rotatable bonds is 10. The minimum Gasteiger partial charge on any atom is -0.432 e. The summed E-state index contributed by atoms with van der Waals surface area (Å²) >= 11 is 0. The number of ether oxygens (including phenoxy) is 4. The molecule has 1 aromatic rings. The van der Waals surface area contributed by atoms with Crippen LogP contribution >= 0.6 is 0 Å². The highest BCUT2D eigenvalue weighted by Crippen LogP contribution is 2.15. The van der Waals surface area contributed by atoms with E-state index in [-0.39, 0.29) is 24.3 Å². The number of carbonyl (C=O) groups is 2. The second-order valence-electron chi connectivity index (χ2n) is 6.03. The molecule has 142 valence electrons. The first-order valence-corrected chi connectivity index (χ1v) is 8.23. The Kier molecular flexibility index (Phi) is 8.75. The lowest BCUT2D eigenvalue weighted by atomic mass is 10.1. The van der Waals surface area contributed by atoms with E-state index in [1.54, 1.807) is 39.8 Å². The van der Waals surface area contributed by atoms with E-state index >= 15 is 0 Å². The SMILES string of the molecule is C=C(C)COC(C)OC(=O)c1ccccc1C(=O)OC(C)OCC(=C)C. The van der Waals surface area contributed by atoms with Gasteiger partial charge in [-0.25, -0.2) is 9.59 Å². The molecule has 0 radical (unpaired) electrons. The first-order valence-electron chi connectivity index (χ1n) is 8.23. The van der Waals surface area contributed by atoms with Gasteiger partial charge in [-0.1, -0.05) is 36.4 Å². The number of hydrogen-bond acceptors (Lipinski definition) is 6. The fourth-order valence-corrected chi connectivity index (χ4v) is 1.85. The molecule has 0 saturated heterocycles. The Hall–Kier alpha value is -2.44. The standard InChI is InChI=1S/C20H26O6/c1-13(2)11-23-15(5)25-19(21)17-9-7-8-10-18(17)20(22)26-16(6)24-12-14(3)4/h7-10,15-16H,1,3,11-12H2,2,4-6H3. The van der Waals surface area contributed by atoms with Gasteiger partial charge in [0, 0.05) is 0 Å². The first kappa shape index (κ1) is 21.6. The molecule has 2 atom stereocenters. The second kappa shape index (κ2) is 10.5. The van der Waals surface area contributed by atoms with Gasteiger partial charge >= 0.3 is 11.9 Å². The van der Waals surface area contributed by atoms with Crippen LogP contribution in [-0.2, 0) is 18.9 Å². The van der Waals surface area contributed by atoms with Crippen molar-refractivity contribution in [3.05, 3.63) is 59.7 Å². The van der Waals surface area contributed by atoms with Crippen LogP contribution in [0.5, 0.6) is 0 Å². The van der Waals surface area contributed by atoms with Crippen molar-refractivity contribution >= 4 is 11.9 Å². The molecule has 26 heavy (non-hydrogen) atoms. The third kappa shape index (κ3) is 7.63. The quantitative estimate of drug-likeness (QED) is 0.357. The van der Waals surface area contributed by atoms with Crippen LogP contribution in [0.2, 0.25) is 0 Å². The number of esters is 2. The van der Waals surface area contributed by atoms with Crippen molar-refractivity contribution in [3.8, 4) is 0 Å². The lowest BCUT2D eigenvalue weighted by Gasteiger charge is -2.17. The van der Waals surface area contributed by atoms with Gasteiger partial charge in [-0.05, 0) is 39.8 Å². The fourth-order valence-electron chi connectivity index (χ4n) is 1.85. The summed E-state index contributed by atoms with van der Waals surface area (Å²) in [4.78, 5) is 24.7. The Bertz CT molecular complexity index is 607. The molecule has 6 nitrogen and oxygen atoms in total. The van der Waals surface area contributed by atoms with E-state index in [4.69, 9.17) is 18.9 Å². The van der Waals surface area contributed by atoms with E-state index in [2.05, 4.69) is 13.2 Å². The molecule has 2 unspecified atom stereocenters. The summed E-state index contributed by atoms with van der Waals surface area (Å²) in [5, 5.41) is 0. The Labute approximate surface area is 154 Å². The zero-order valence-electron chi connectivity index (χ0n) is 15.7. The van der Waals surface area contributed by atoms with Gasteiger partial charge in [0.1, 0.15) is 0 Å². The van der Waals surface area contributed by atoms with Crippen molar-refractivity contribution in [3.63, 3.8) is 0 Å². The summed E-state index contributed by atoms with van der Waals surface area (Å²) in [6.07, 6.45) is -1.55. The monoisotopic (exact) mass is 362 g/mol. The molecule has 0 aliphatic rings. The summed E-state index contributed by atoms with van der Waals surface area (Å²) in [6, 6.07) is 6.25. The molecule has 1 rings (SSSR count). The summed E-state index contributed by atoms with van der Waals surface area (Å²) < 4.78 is 21.1. The molecule has 1 aromatic carbocycles. The number of carbonyl (C=O) groups excluding carboxylic acids is 2. The van der Waals surface area contributed by atoms with Crippen molar-refractivity contribution in [1.29, 1.82) is 0 Å². The van der Waals surface area contributed by atoms with Gasteiger partial charge in [-0.2, -0.15) is 0 Å². The zero-order chi connectivity index (χ0) is 19.7. The molecular formula is C20H26O6. The number of hydrogen-bond donors (Lipinski definition) is 0. The third-order valence-corrected chi connectivity index (χ3v) is 3.04. The molecule has 0 aliphatic carbocycles. The van der Waals surface area contributed by atoms with Crippen LogP contribution in [0.15, 0.2) is 48.6 Å². The molecular weight excluding hydrogens is 336 g/mol. The normalized spacial score (nSPS) is 12.8. The van der Waals surface area contributed by atoms with E-state index in [0.717, 1.165) is 11.1 Å². The van der Waals surface area contributed by atoms with Gasteiger partial charge in [0.25, 0.3) is 0 Å². The van der Waals surface area contributed by atoms with Gasteiger partial charge in [-0.15, -0.1) is 0 Å². The average molecular weight is 362 g/mol. The predicted octanol–water partition coefficient (Wildman–Crippen LogP) is 3.88. The fraction of sp³-hybridized carbons (Fsp3) is 0.400. The van der Waals surface area contributed by atoms with Crippen molar-refractivity contribution in [2.45, 2.75) is 40.3 Å². The third-order valence-electron chi connectivity index (χ3n) is 3.04. The van der Waals surface area contributed by atoms with Crippen LogP contribution in [0.4, 0.5) is 0 Å². The van der Waals surface area contributed by atoms with Crippen molar-refractivity contribution in [1.82, 2.24) is 0 Å². The summed E-state index contributed by atoms with van der Waals surface area (Å²) in [5.74, 6) is -1.36. The Morgan fingerprint density at radius 3 is 1.50 bits per heavy atom. The van der Waals surface area contributed by atoms with Gasteiger partial charge in [-0.3, -0.25) is 0 Å². The highest BCUT2D eigenvalue weighted by molar-refractivity contribution is 6.03. The maximum absolute atomic E-state index is 12.4. The highest BCUT2D eigenvalue weighted by Gasteiger charge is 2.22. The summed E-state index contributed by atoms with van der Waals surface area (Å²) in [5.41, 5.74) is 1.80. The average Bonchev–Trinajstić information content (AvgIpc) is 2.58. The number of benzene rings is 1. The van der Waals surface area contributed by atoms with E-state index in [0.29, 0.717) is 0 Å². The molecule has 6 heteroatoms. The molecule has 0 spiro atoms. The minimum atomic E-state index is -0.777. The van der Waals surface area contributed by atoms with Crippen LogP contribution < -0.4 is 0 Å². The van der Waals surface area contributed by atoms with Crippen LogP contribution in [0.3, 0.4) is 0 Å². The predicted molar refractivity (Wildman–Crippen MR) is 97.7 cm³/mol. The first-order chi connectivity index (χ1) is 12.2. The van der Waals surface area contributed by atoms with Gasteiger partial charge < -0.3 is 18.9 Å². The van der Waals surface area contributed by atoms with E-state index in [9.17, 15) is 9.59 Å². The molecule has 0 aromatic heterocycles. The van der Waals surface area contributed by atoms with Gasteiger partial charge in [0.15, 0.2) is 0 Å². The van der Waals surface area contributed by atoms with Crippen LogP contribution in [-0.4, -0.2) is 37.7 Å². The summed E-state index contributed by atoms with van der Waals surface area (Å²) in [7, 11) is 0. The molecule has 0 N–H and O–H groups in total. The molecule has 0 amide bonds. The lowest BCUT2D eigenvalue weighted by Crippen LogP contribution is -2.23. The van der Waals surface area contributed by atoms with Crippen molar-refractivity contribution in [2.24, 2.45) is 0 Å². The second-order valence-corrected chi connectivity index (χ2v) is 6.03.